The Morgan fingerprint density at radius 1 is 1.09 bits per heavy atom. The number of aliphatic hydroxyl groups excluding tert-OH is 3. The van der Waals surface area contributed by atoms with Crippen molar-refractivity contribution >= 4 is 0 Å². The highest BCUT2D eigenvalue weighted by Gasteiger charge is 2.26. The Labute approximate surface area is 65.4 Å². The Morgan fingerprint density at radius 3 is 2.00 bits per heavy atom. The van der Waals surface area contributed by atoms with E-state index in [1.807, 2.05) is 0 Å². The average molecular weight is 160 g/mol. The van der Waals surface area contributed by atoms with E-state index in [1.54, 1.807) is 0 Å². The molecule has 4 heteroatoms. The van der Waals surface area contributed by atoms with Crippen LogP contribution in [-0.2, 0) is 4.74 Å². The molecule has 11 heavy (non-hydrogen) atoms. The van der Waals surface area contributed by atoms with Gasteiger partial charge in [0.25, 0.3) is 0 Å². The molecule has 1 rings (SSSR count). The van der Waals surface area contributed by atoms with Crippen molar-refractivity contribution in [3.8, 4) is 12.8 Å². The summed E-state index contributed by atoms with van der Waals surface area (Å²) in [5.41, 5.74) is 0. The summed E-state index contributed by atoms with van der Waals surface area (Å²) in [5, 5.41) is 26.4. The molecule has 0 aromatic heterocycles. The van der Waals surface area contributed by atoms with E-state index in [0.717, 1.165) is 0 Å². The van der Waals surface area contributed by atoms with Crippen molar-refractivity contribution in [1.82, 2.24) is 0 Å². The summed E-state index contributed by atoms with van der Waals surface area (Å²) in [4.78, 5) is 0. The fraction of sp³-hybridized carbons (Fsp3) is 0.714. The first kappa shape index (κ1) is 10.4. The van der Waals surface area contributed by atoms with E-state index in [2.05, 4.69) is 17.6 Å². The highest BCUT2D eigenvalue weighted by Crippen LogP contribution is 2.11. The Hall–Kier alpha value is -0.600. The van der Waals surface area contributed by atoms with Crippen LogP contribution in [0.15, 0.2) is 0 Å². The Morgan fingerprint density at radius 2 is 1.64 bits per heavy atom. The molecule has 1 aliphatic rings. The topological polar surface area (TPSA) is 69.9 Å². The monoisotopic (exact) mass is 160 g/mol. The molecule has 0 bridgehead atoms. The van der Waals surface area contributed by atoms with E-state index in [9.17, 15) is 0 Å². The molecule has 1 saturated heterocycles. The van der Waals surface area contributed by atoms with Crippen molar-refractivity contribution in [2.45, 2.75) is 24.9 Å². The Bertz CT molecular complexity index is 123. The van der Waals surface area contributed by atoms with Crippen LogP contribution in [0.5, 0.6) is 0 Å². The lowest BCUT2D eigenvalue weighted by atomic mass is 10.1. The molecular weight excluding hydrogens is 148 g/mol. The second-order valence-electron chi connectivity index (χ2n) is 2.16. The molecule has 1 heterocycles. The molecule has 0 amide bonds. The molecule has 4 nitrogen and oxygen atoms in total. The SMILES string of the molecule is C#C.OC1C[C@@H](O)[C@@H](O)CO1. The molecule has 1 unspecified atom stereocenters. The smallest absolute Gasteiger partial charge is 0.157 e. The van der Waals surface area contributed by atoms with E-state index < -0.39 is 18.5 Å². The predicted molar refractivity (Wildman–Crippen MR) is 38.5 cm³/mol. The van der Waals surface area contributed by atoms with Crippen LogP contribution < -0.4 is 0 Å². The third-order valence-electron chi connectivity index (χ3n) is 1.35. The van der Waals surface area contributed by atoms with Crippen molar-refractivity contribution in [3.05, 3.63) is 0 Å². The van der Waals surface area contributed by atoms with Gasteiger partial charge in [0.2, 0.25) is 0 Å². The normalized spacial score (nSPS) is 37.0. The van der Waals surface area contributed by atoms with Gasteiger partial charge < -0.3 is 20.1 Å². The van der Waals surface area contributed by atoms with Crippen molar-refractivity contribution in [1.29, 1.82) is 0 Å². The van der Waals surface area contributed by atoms with Crippen LogP contribution in [0, 0.1) is 12.8 Å². The van der Waals surface area contributed by atoms with Gasteiger partial charge in [-0.3, -0.25) is 0 Å². The van der Waals surface area contributed by atoms with E-state index >= 15 is 0 Å². The van der Waals surface area contributed by atoms with Gasteiger partial charge in [0, 0.05) is 6.42 Å². The summed E-state index contributed by atoms with van der Waals surface area (Å²) in [6, 6.07) is 0. The maximum Gasteiger partial charge on any atom is 0.157 e. The van der Waals surface area contributed by atoms with Crippen LogP contribution in [0.2, 0.25) is 0 Å². The van der Waals surface area contributed by atoms with Crippen molar-refractivity contribution in [2.24, 2.45) is 0 Å². The molecule has 0 saturated carbocycles. The number of aliphatic hydroxyl groups is 3. The number of rotatable bonds is 0. The molecule has 64 valence electrons. The molecule has 0 radical (unpaired) electrons. The van der Waals surface area contributed by atoms with Crippen LogP contribution in [0.3, 0.4) is 0 Å². The predicted octanol–water partition coefficient (Wildman–Crippen LogP) is -1.30. The molecule has 0 aromatic rings. The lowest BCUT2D eigenvalue weighted by Gasteiger charge is -2.26. The molecule has 0 aromatic carbocycles. The van der Waals surface area contributed by atoms with E-state index in [4.69, 9.17) is 15.3 Å². The summed E-state index contributed by atoms with van der Waals surface area (Å²) >= 11 is 0. The zero-order chi connectivity index (χ0) is 8.85. The number of terminal acetylenes is 1. The minimum atomic E-state index is -0.914. The fourth-order valence-corrected chi connectivity index (χ4v) is 0.752. The van der Waals surface area contributed by atoms with Crippen LogP contribution in [0.1, 0.15) is 6.42 Å². The van der Waals surface area contributed by atoms with Gasteiger partial charge in [0.05, 0.1) is 12.7 Å². The Balaban J connectivity index is 0.000000461. The highest BCUT2D eigenvalue weighted by atomic mass is 16.6. The molecule has 0 spiro atoms. The molecule has 1 fully saturated rings. The molecule has 3 N–H and O–H groups in total. The lowest BCUT2D eigenvalue weighted by molar-refractivity contribution is -0.193. The first-order chi connectivity index (χ1) is 5.20. The van der Waals surface area contributed by atoms with Crippen molar-refractivity contribution < 1.29 is 20.1 Å². The van der Waals surface area contributed by atoms with Crippen molar-refractivity contribution in [2.75, 3.05) is 6.61 Å². The average Bonchev–Trinajstić information content (AvgIpc) is 2.02. The third-order valence-corrected chi connectivity index (χ3v) is 1.35. The second kappa shape index (κ2) is 5.10. The van der Waals surface area contributed by atoms with Gasteiger partial charge in [0.1, 0.15) is 6.10 Å². The number of hydrogen-bond donors (Lipinski definition) is 3. The van der Waals surface area contributed by atoms with Crippen LogP contribution in [0.25, 0.3) is 0 Å². The zero-order valence-electron chi connectivity index (χ0n) is 6.05. The lowest BCUT2D eigenvalue weighted by Crippen LogP contribution is -2.40. The summed E-state index contributed by atoms with van der Waals surface area (Å²) in [6.45, 7) is 0.0162. The van der Waals surface area contributed by atoms with E-state index in [0.29, 0.717) is 0 Å². The number of hydrogen-bond acceptors (Lipinski definition) is 4. The van der Waals surface area contributed by atoms with E-state index in [-0.39, 0.29) is 13.0 Å². The summed E-state index contributed by atoms with van der Waals surface area (Å²) in [5.74, 6) is 0. The molecule has 0 aliphatic carbocycles. The minimum Gasteiger partial charge on any atom is -0.390 e. The van der Waals surface area contributed by atoms with Crippen molar-refractivity contribution in [3.63, 3.8) is 0 Å². The second-order valence-corrected chi connectivity index (χ2v) is 2.16. The standard InChI is InChI=1S/C5H10O4.C2H2/c6-3-1-5(8)9-2-4(3)7;1-2/h3-8H,1-2H2;1-2H/t3-,4+,5?;/m1./s1. The van der Waals surface area contributed by atoms with Gasteiger partial charge in [0.15, 0.2) is 6.29 Å². The summed E-state index contributed by atoms with van der Waals surface area (Å²) in [6.07, 6.45) is 5.51. The first-order valence-electron chi connectivity index (χ1n) is 3.19. The highest BCUT2D eigenvalue weighted by molar-refractivity contribution is 4.72. The first-order valence-corrected chi connectivity index (χ1v) is 3.19. The summed E-state index contributed by atoms with van der Waals surface area (Å²) < 4.78 is 4.61. The maximum absolute atomic E-state index is 8.86. The van der Waals surface area contributed by atoms with E-state index in [1.165, 1.54) is 0 Å². The van der Waals surface area contributed by atoms with Gasteiger partial charge in [-0.2, -0.15) is 0 Å². The maximum atomic E-state index is 8.86. The fourth-order valence-electron chi connectivity index (χ4n) is 0.752. The van der Waals surface area contributed by atoms with Gasteiger partial charge >= 0.3 is 0 Å². The largest absolute Gasteiger partial charge is 0.390 e. The minimum absolute atomic E-state index is 0.0162. The molecule has 1 aliphatic heterocycles. The van der Waals surface area contributed by atoms with Gasteiger partial charge in [-0.1, -0.05) is 0 Å². The third kappa shape index (κ3) is 3.35. The van der Waals surface area contributed by atoms with Gasteiger partial charge in [-0.25, -0.2) is 0 Å². The summed E-state index contributed by atoms with van der Waals surface area (Å²) in [7, 11) is 0. The van der Waals surface area contributed by atoms with Crippen LogP contribution in [0.4, 0.5) is 0 Å². The molecular formula is C7H12O4. The molecule has 3 atom stereocenters. The van der Waals surface area contributed by atoms with Gasteiger partial charge in [-0.05, 0) is 0 Å². The van der Waals surface area contributed by atoms with Gasteiger partial charge in [-0.15, -0.1) is 12.8 Å². The number of ether oxygens (including phenoxy) is 1. The quantitative estimate of drug-likeness (QED) is 0.385. The van der Waals surface area contributed by atoms with Crippen LogP contribution >= 0.6 is 0 Å². The zero-order valence-corrected chi connectivity index (χ0v) is 6.05. The van der Waals surface area contributed by atoms with Crippen LogP contribution in [-0.4, -0.2) is 40.4 Å². The Kier molecular flexibility index (Phi) is 4.83.